The minimum Gasteiger partial charge on any atom is -0.376 e. The summed E-state index contributed by atoms with van der Waals surface area (Å²) in [4.78, 5) is 38.2. The number of anilines is 1. The molecule has 0 aliphatic carbocycles. The van der Waals surface area contributed by atoms with Gasteiger partial charge in [0.05, 0.1) is 11.8 Å². The predicted molar refractivity (Wildman–Crippen MR) is 143 cm³/mol. The third kappa shape index (κ3) is 6.97. The number of hydrogen-bond acceptors (Lipinski definition) is 7. The minimum absolute atomic E-state index is 0.0738. The molecule has 0 saturated carbocycles. The smallest absolute Gasteiger partial charge is 0.251 e. The fourth-order valence-electron chi connectivity index (χ4n) is 4.34. The molecule has 4 rings (SSSR count). The summed E-state index contributed by atoms with van der Waals surface area (Å²) >= 11 is 1.58. The van der Waals surface area contributed by atoms with Crippen LogP contribution in [0.25, 0.3) is 0 Å². The predicted octanol–water partition coefficient (Wildman–Crippen LogP) is 3.64. The molecule has 0 bridgehead atoms. The molecule has 2 saturated heterocycles. The van der Waals surface area contributed by atoms with Crippen molar-refractivity contribution in [3.8, 4) is 0 Å². The SMILES string of the molecule is CC(=O)N1CCN(c2cc(C(C)(C)C)nc(SCc3cccc(C(=O)NC[C@H]4CCCO4)c3)n2)CC1. The van der Waals surface area contributed by atoms with Gasteiger partial charge in [0.1, 0.15) is 5.82 Å². The molecule has 1 N–H and O–H groups in total. The molecule has 194 valence electrons. The van der Waals surface area contributed by atoms with Crippen molar-refractivity contribution in [1.82, 2.24) is 20.2 Å². The number of rotatable bonds is 7. The van der Waals surface area contributed by atoms with Crippen LogP contribution in [-0.2, 0) is 20.7 Å². The lowest BCUT2D eigenvalue weighted by Crippen LogP contribution is -2.48. The second kappa shape index (κ2) is 11.6. The van der Waals surface area contributed by atoms with Crippen LogP contribution >= 0.6 is 11.8 Å². The first-order valence-corrected chi connectivity index (χ1v) is 13.7. The van der Waals surface area contributed by atoms with E-state index in [0.29, 0.717) is 31.0 Å². The zero-order valence-electron chi connectivity index (χ0n) is 21.7. The van der Waals surface area contributed by atoms with E-state index in [4.69, 9.17) is 14.7 Å². The largest absolute Gasteiger partial charge is 0.376 e. The van der Waals surface area contributed by atoms with E-state index in [1.165, 1.54) is 0 Å². The molecule has 0 unspecified atom stereocenters. The Labute approximate surface area is 218 Å². The molecule has 0 radical (unpaired) electrons. The van der Waals surface area contributed by atoms with Crippen LogP contribution < -0.4 is 10.2 Å². The van der Waals surface area contributed by atoms with Gasteiger partial charge in [0.2, 0.25) is 5.91 Å². The molecule has 0 spiro atoms. The monoisotopic (exact) mass is 511 g/mol. The van der Waals surface area contributed by atoms with E-state index in [9.17, 15) is 9.59 Å². The number of piperazine rings is 1. The summed E-state index contributed by atoms with van der Waals surface area (Å²) < 4.78 is 5.60. The summed E-state index contributed by atoms with van der Waals surface area (Å²) in [5.41, 5.74) is 2.58. The Morgan fingerprint density at radius 1 is 1.14 bits per heavy atom. The number of nitrogens with one attached hydrogen (secondary N) is 1. The van der Waals surface area contributed by atoms with Gasteiger partial charge in [0.15, 0.2) is 5.16 Å². The van der Waals surface area contributed by atoms with Gasteiger partial charge in [-0.3, -0.25) is 9.59 Å². The third-order valence-electron chi connectivity index (χ3n) is 6.58. The van der Waals surface area contributed by atoms with Crippen LogP contribution in [0.3, 0.4) is 0 Å². The van der Waals surface area contributed by atoms with Gasteiger partial charge in [-0.25, -0.2) is 9.97 Å². The molecular formula is C27H37N5O3S. The molecule has 8 nitrogen and oxygen atoms in total. The van der Waals surface area contributed by atoms with Crippen molar-refractivity contribution >= 4 is 29.4 Å². The highest BCUT2D eigenvalue weighted by atomic mass is 32.2. The zero-order valence-corrected chi connectivity index (χ0v) is 22.6. The molecule has 2 aliphatic heterocycles. The number of carbonyl (C=O) groups is 2. The molecule has 1 aromatic heterocycles. The number of carbonyl (C=O) groups excluding carboxylic acids is 2. The molecule has 2 aliphatic rings. The number of thioether (sulfide) groups is 1. The number of hydrogen-bond donors (Lipinski definition) is 1. The number of aromatic nitrogens is 2. The van der Waals surface area contributed by atoms with E-state index >= 15 is 0 Å². The van der Waals surface area contributed by atoms with Gasteiger partial charge >= 0.3 is 0 Å². The van der Waals surface area contributed by atoms with Crippen LogP contribution in [0.2, 0.25) is 0 Å². The molecule has 2 fully saturated rings. The normalized spacial score (nSPS) is 18.4. The lowest BCUT2D eigenvalue weighted by Gasteiger charge is -2.35. The number of ether oxygens (including phenoxy) is 1. The van der Waals surface area contributed by atoms with E-state index in [1.54, 1.807) is 18.7 Å². The van der Waals surface area contributed by atoms with Crippen molar-refractivity contribution in [3.63, 3.8) is 0 Å². The van der Waals surface area contributed by atoms with Crippen molar-refractivity contribution in [1.29, 1.82) is 0 Å². The van der Waals surface area contributed by atoms with Gasteiger partial charge in [-0.1, -0.05) is 44.7 Å². The molecule has 9 heteroatoms. The van der Waals surface area contributed by atoms with Crippen molar-refractivity contribution < 1.29 is 14.3 Å². The van der Waals surface area contributed by atoms with Crippen LogP contribution in [0, 0.1) is 0 Å². The first-order chi connectivity index (χ1) is 17.2. The first-order valence-electron chi connectivity index (χ1n) is 12.7. The molecule has 1 atom stereocenters. The summed E-state index contributed by atoms with van der Waals surface area (Å²) in [5, 5.41) is 3.72. The Bertz CT molecular complexity index is 1070. The van der Waals surface area contributed by atoms with Gasteiger partial charge in [-0.15, -0.1) is 0 Å². The Balaban J connectivity index is 1.43. The summed E-state index contributed by atoms with van der Waals surface area (Å²) in [6, 6.07) is 9.80. The molecule has 2 amide bonds. The number of nitrogens with zero attached hydrogens (tertiary/aromatic N) is 4. The molecule has 3 heterocycles. The first kappa shape index (κ1) is 26.4. The Hall–Kier alpha value is -2.65. The standard InChI is InChI=1S/C27H37N5O3S/c1-19(33)31-10-12-32(13-11-31)24-16-23(27(2,3)4)29-26(30-24)36-18-20-7-5-8-21(15-20)25(34)28-17-22-9-6-14-35-22/h5,7-8,15-16,22H,6,9-14,17-18H2,1-4H3,(H,28,34)/t22-/m1/s1. The fraction of sp³-hybridized carbons (Fsp3) is 0.556. The average Bonchev–Trinajstić information content (AvgIpc) is 3.39. The van der Waals surface area contributed by atoms with Crippen molar-refractivity contribution in [2.24, 2.45) is 0 Å². The zero-order chi connectivity index (χ0) is 25.7. The summed E-state index contributed by atoms with van der Waals surface area (Å²) in [5.74, 6) is 1.61. The van der Waals surface area contributed by atoms with E-state index in [1.807, 2.05) is 29.2 Å². The van der Waals surface area contributed by atoms with Gasteiger partial charge in [0.25, 0.3) is 5.91 Å². The van der Waals surface area contributed by atoms with Gasteiger partial charge in [-0.05, 0) is 30.5 Å². The quantitative estimate of drug-likeness (QED) is 0.449. The van der Waals surface area contributed by atoms with Gasteiger partial charge in [-0.2, -0.15) is 0 Å². The molecule has 1 aromatic carbocycles. The maximum Gasteiger partial charge on any atom is 0.251 e. The van der Waals surface area contributed by atoms with Gasteiger partial charge in [0, 0.05) is 69.1 Å². The van der Waals surface area contributed by atoms with Crippen LogP contribution in [0.15, 0.2) is 35.5 Å². The highest BCUT2D eigenvalue weighted by Crippen LogP contribution is 2.29. The maximum atomic E-state index is 12.6. The molecule has 2 aromatic rings. The second-order valence-corrected chi connectivity index (χ2v) is 11.4. The summed E-state index contributed by atoms with van der Waals surface area (Å²) in [7, 11) is 0. The van der Waals surface area contributed by atoms with Crippen LogP contribution in [-0.4, -0.2) is 72.1 Å². The molecular weight excluding hydrogens is 474 g/mol. The van der Waals surface area contributed by atoms with Crippen molar-refractivity contribution in [3.05, 3.63) is 47.2 Å². The van der Waals surface area contributed by atoms with Crippen LogP contribution in [0.5, 0.6) is 0 Å². The van der Waals surface area contributed by atoms with Gasteiger partial charge < -0.3 is 19.9 Å². The highest BCUT2D eigenvalue weighted by molar-refractivity contribution is 7.98. The second-order valence-electron chi connectivity index (χ2n) is 10.5. The average molecular weight is 512 g/mol. The van der Waals surface area contributed by atoms with E-state index in [2.05, 4.69) is 37.1 Å². The van der Waals surface area contributed by atoms with Crippen molar-refractivity contribution in [2.45, 2.75) is 63.0 Å². The van der Waals surface area contributed by atoms with Crippen molar-refractivity contribution in [2.75, 3.05) is 44.2 Å². The van der Waals surface area contributed by atoms with E-state index in [-0.39, 0.29) is 23.3 Å². The maximum absolute atomic E-state index is 12.6. The topological polar surface area (TPSA) is 87.7 Å². The van der Waals surface area contributed by atoms with E-state index < -0.39 is 0 Å². The number of benzene rings is 1. The summed E-state index contributed by atoms with van der Waals surface area (Å²) in [6.45, 7) is 12.3. The third-order valence-corrected chi connectivity index (χ3v) is 7.50. The minimum atomic E-state index is -0.116. The van der Waals surface area contributed by atoms with Crippen LogP contribution in [0.4, 0.5) is 5.82 Å². The Kier molecular flexibility index (Phi) is 8.51. The number of amides is 2. The van der Waals surface area contributed by atoms with E-state index in [0.717, 1.165) is 54.8 Å². The summed E-state index contributed by atoms with van der Waals surface area (Å²) in [6.07, 6.45) is 2.18. The Morgan fingerprint density at radius 3 is 2.58 bits per heavy atom. The Morgan fingerprint density at radius 2 is 1.92 bits per heavy atom. The fourth-order valence-corrected chi connectivity index (χ4v) is 5.13. The van der Waals surface area contributed by atoms with Crippen LogP contribution in [0.1, 0.15) is 62.2 Å². The molecule has 36 heavy (non-hydrogen) atoms. The highest BCUT2D eigenvalue weighted by Gasteiger charge is 2.24. The lowest BCUT2D eigenvalue weighted by molar-refractivity contribution is -0.129. The lowest BCUT2D eigenvalue weighted by atomic mass is 9.92.